The average Bonchev–Trinajstić information content (AvgIpc) is 2.76. The summed E-state index contributed by atoms with van der Waals surface area (Å²) in [4.78, 5) is 11.9. The molecule has 0 unspecified atom stereocenters. The zero-order valence-electron chi connectivity index (χ0n) is 9.63. The SMILES string of the molecule is C[C@H](NC(=O)c1cccn1N)c1ccccc1. The number of carbonyl (C=O) groups is 1. The second-order valence-electron chi connectivity index (χ2n) is 3.91. The molecule has 1 aromatic carbocycles. The van der Waals surface area contributed by atoms with Crippen LogP contribution in [-0.4, -0.2) is 10.6 Å². The van der Waals surface area contributed by atoms with Gasteiger partial charge in [-0.3, -0.25) is 9.47 Å². The van der Waals surface area contributed by atoms with Crippen LogP contribution in [-0.2, 0) is 0 Å². The number of nitrogen functional groups attached to an aromatic ring is 1. The molecule has 0 bridgehead atoms. The van der Waals surface area contributed by atoms with E-state index in [9.17, 15) is 4.79 Å². The molecule has 1 atom stereocenters. The maximum Gasteiger partial charge on any atom is 0.270 e. The molecule has 2 aromatic rings. The van der Waals surface area contributed by atoms with Crippen LogP contribution in [0.1, 0.15) is 29.0 Å². The molecule has 0 radical (unpaired) electrons. The summed E-state index contributed by atoms with van der Waals surface area (Å²) < 4.78 is 1.31. The molecule has 4 heteroatoms. The number of nitrogens with two attached hydrogens (primary N) is 1. The van der Waals surface area contributed by atoms with Crippen molar-refractivity contribution in [3.8, 4) is 0 Å². The summed E-state index contributed by atoms with van der Waals surface area (Å²) in [6.07, 6.45) is 1.64. The van der Waals surface area contributed by atoms with Gasteiger partial charge in [-0.2, -0.15) is 0 Å². The third-order valence-corrected chi connectivity index (χ3v) is 2.66. The molecular weight excluding hydrogens is 214 g/mol. The molecule has 0 spiro atoms. The van der Waals surface area contributed by atoms with Crippen molar-refractivity contribution in [2.24, 2.45) is 0 Å². The molecule has 4 nitrogen and oxygen atoms in total. The third-order valence-electron chi connectivity index (χ3n) is 2.66. The van der Waals surface area contributed by atoms with E-state index in [1.165, 1.54) is 4.68 Å². The van der Waals surface area contributed by atoms with Gasteiger partial charge in [0.25, 0.3) is 5.91 Å². The molecule has 1 amide bonds. The van der Waals surface area contributed by atoms with E-state index in [0.717, 1.165) is 5.56 Å². The maximum absolute atomic E-state index is 11.9. The van der Waals surface area contributed by atoms with Gasteiger partial charge in [0.15, 0.2) is 0 Å². The fourth-order valence-electron chi connectivity index (χ4n) is 1.68. The first-order valence-corrected chi connectivity index (χ1v) is 5.46. The maximum atomic E-state index is 11.9. The fourth-order valence-corrected chi connectivity index (χ4v) is 1.68. The lowest BCUT2D eigenvalue weighted by atomic mass is 10.1. The highest BCUT2D eigenvalue weighted by Crippen LogP contribution is 2.12. The normalized spacial score (nSPS) is 12.1. The third kappa shape index (κ3) is 2.47. The number of rotatable bonds is 3. The number of hydrogen-bond donors (Lipinski definition) is 2. The zero-order chi connectivity index (χ0) is 12.3. The van der Waals surface area contributed by atoms with E-state index in [1.807, 2.05) is 37.3 Å². The van der Waals surface area contributed by atoms with Crippen molar-refractivity contribution in [1.82, 2.24) is 9.99 Å². The van der Waals surface area contributed by atoms with E-state index in [-0.39, 0.29) is 11.9 Å². The minimum atomic E-state index is -0.172. The lowest BCUT2D eigenvalue weighted by molar-refractivity contribution is 0.0932. The average molecular weight is 229 g/mol. The number of benzene rings is 1. The van der Waals surface area contributed by atoms with Crippen LogP contribution in [0.2, 0.25) is 0 Å². The number of carbonyl (C=O) groups excluding carboxylic acids is 1. The first-order valence-electron chi connectivity index (χ1n) is 5.46. The first-order chi connectivity index (χ1) is 8.18. The molecule has 0 fully saturated rings. The molecule has 88 valence electrons. The number of amides is 1. The summed E-state index contributed by atoms with van der Waals surface area (Å²) in [6, 6.07) is 13.2. The molecule has 0 saturated heterocycles. The Hall–Kier alpha value is -2.23. The van der Waals surface area contributed by atoms with Crippen LogP contribution in [0.5, 0.6) is 0 Å². The van der Waals surface area contributed by atoms with Gasteiger partial charge in [-0.15, -0.1) is 0 Å². The lowest BCUT2D eigenvalue weighted by Crippen LogP contribution is -2.30. The van der Waals surface area contributed by atoms with Crippen LogP contribution in [0.25, 0.3) is 0 Å². The first kappa shape index (κ1) is 11.3. The largest absolute Gasteiger partial charge is 0.344 e. The Balaban J connectivity index is 2.08. The van der Waals surface area contributed by atoms with E-state index in [1.54, 1.807) is 18.3 Å². The predicted molar refractivity (Wildman–Crippen MR) is 66.9 cm³/mol. The summed E-state index contributed by atoms with van der Waals surface area (Å²) in [5.41, 5.74) is 1.52. The topological polar surface area (TPSA) is 60.0 Å². The van der Waals surface area contributed by atoms with E-state index in [0.29, 0.717) is 5.69 Å². The van der Waals surface area contributed by atoms with Gasteiger partial charge in [0.05, 0.1) is 6.04 Å². The van der Waals surface area contributed by atoms with Crippen LogP contribution in [0.15, 0.2) is 48.7 Å². The van der Waals surface area contributed by atoms with Gasteiger partial charge in [0.1, 0.15) is 5.69 Å². The molecule has 1 aromatic heterocycles. The quantitative estimate of drug-likeness (QED) is 0.787. The molecule has 0 saturated carbocycles. The van der Waals surface area contributed by atoms with E-state index >= 15 is 0 Å². The van der Waals surface area contributed by atoms with Crippen molar-refractivity contribution < 1.29 is 4.79 Å². The molecule has 0 aliphatic rings. The minimum absolute atomic E-state index is 0.0430. The highest BCUT2D eigenvalue weighted by Gasteiger charge is 2.13. The Morgan fingerprint density at radius 3 is 2.53 bits per heavy atom. The van der Waals surface area contributed by atoms with Crippen LogP contribution in [0.3, 0.4) is 0 Å². The summed E-state index contributed by atoms with van der Waals surface area (Å²) in [5.74, 6) is 5.44. The van der Waals surface area contributed by atoms with Gasteiger partial charge in [0.2, 0.25) is 0 Å². The van der Waals surface area contributed by atoms with E-state index in [4.69, 9.17) is 5.84 Å². The van der Waals surface area contributed by atoms with Gasteiger partial charge < -0.3 is 11.2 Å². The van der Waals surface area contributed by atoms with Crippen molar-refractivity contribution in [1.29, 1.82) is 0 Å². The number of aromatic nitrogens is 1. The number of nitrogens with one attached hydrogen (secondary N) is 1. The Kier molecular flexibility index (Phi) is 3.14. The molecule has 0 aliphatic heterocycles. The molecule has 1 heterocycles. The molecule has 17 heavy (non-hydrogen) atoms. The van der Waals surface area contributed by atoms with E-state index in [2.05, 4.69) is 5.32 Å². The van der Waals surface area contributed by atoms with Crippen molar-refractivity contribution in [2.45, 2.75) is 13.0 Å². The smallest absolute Gasteiger partial charge is 0.270 e. The summed E-state index contributed by atoms with van der Waals surface area (Å²) in [7, 11) is 0. The van der Waals surface area contributed by atoms with E-state index < -0.39 is 0 Å². The highest BCUT2D eigenvalue weighted by molar-refractivity contribution is 5.93. The number of nitrogens with zero attached hydrogens (tertiary/aromatic N) is 1. The van der Waals surface area contributed by atoms with Gasteiger partial charge in [0, 0.05) is 6.20 Å². The Morgan fingerprint density at radius 2 is 1.94 bits per heavy atom. The van der Waals surface area contributed by atoms with Crippen LogP contribution in [0, 0.1) is 0 Å². The predicted octanol–water partition coefficient (Wildman–Crippen LogP) is 1.69. The van der Waals surface area contributed by atoms with Crippen LogP contribution >= 0.6 is 0 Å². The Labute approximate surface area is 100 Å². The fraction of sp³-hybridized carbons (Fsp3) is 0.154. The van der Waals surface area contributed by atoms with Crippen LogP contribution in [0.4, 0.5) is 0 Å². The molecule has 3 N–H and O–H groups in total. The summed E-state index contributed by atoms with van der Waals surface area (Å²) in [6.45, 7) is 1.94. The Bertz CT molecular complexity index is 504. The highest BCUT2D eigenvalue weighted by atomic mass is 16.2. The van der Waals surface area contributed by atoms with Gasteiger partial charge in [-0.1, -0.05) is 30.3 Å². The second-order valence-corrected chi connectivity index (χ2v) is 3.91. The Morgan fingerprint density at radius 1 is 1.24 bits per heavy atom. The summed E-state index contributed by atoms with van der Waals surface area (Å²) >= 11 is 0. The molecule has 0 aliphatic carbocycles. The minimum Gasteiger partial charge on any atom is -0.344 e. The van der Waals surface area contributed by atoms with Gasteiger partial charge >= 0.3 is 0 Å². The van der Waals surface area contributed by atoms with Gasteiger partial charge in [-0.05, 0) is 24.6 Å². The van der Waals surface area contributed by atoms with Crippen molar-refractivity contribution in [2.75, 3.05) is 5.84 Å². The molecular formula is C13H15N3O. The van der Waals surface area contributed by atoms with Crippen molar-refractivity contribution >= 4 is 5.91 Å². The lowest BCUT2D eigenvalue weighted by Gasteiger charge is -2.14. The zero-order valence-corrected chi connectivity index (χ0v) is 9.63. The number of hydrogen-bond acceptors (Lipinski definition) is 2. The van der Waals surface area contributed by atoms with Crippen molar-refractivity contribution in [3.05, 3.63) is 59.9 Å². The van der Waals surface area contributed by atoms with Crippen molar-refractivity contribution in [3.63, 3.8) is 0 Å². The second kappa shape index (κ2) is 4.74. The standard InChI is InChI=1S/C13H15N3O/c1-10(11-6-3-2-4-7-11)15-13(17)12-8-5-9-16(12)14/h2-10H,14H2,1H3,(H,15,17)/t10-/m0/s1. The summed E-state index contributed by atoms with van der Waals surface area (Å²) in [5, 5.41) is 2.90. The van der Waals surface area contributed by atoms with Crippen LogP contribution < -0.4 is 11.2 Å². The monoisotopic (exact) mass is 229 g/mol. The van der Waals surface area contributed by atoms with Gasteiger partial charge in [-0.25, -0.2) is 0 Å². The molecule has 2 rings (SSSR count).